The van der Waals surface area contributed by atoms with E-state index in [2.05, 4.69) is 9.97 Å². The first-order valence-electron chi connectivity index (χ1n) is 3.53. The molecule has 0 aliphatic heterocycles. The van der Waals surface area contributed by atoms with Crippen LogP contribution in [0.2, 0.25) is 0 Å². The van der Waals surface area contributed by atoms with Crippen LogP contribution in [0.15, 0.2) is 0 Å². The molecular formula is C7H12N4. The predicted octanol–water partition coefficient (Wildman–Crippen LogP) is 0.512. The first kappa shape index (κ1) is 7.78. The Hall–Kier alpha value is -1.32. The second kappa shape index (κ2) is 2.74. The van der Waals surface area contributed by atoms with E-state index in [1.165, 1.54) is 0 Å². The molecule has 0 amide bonds. The van der Waals surface area contributed by atoms with E-state index in [1.54, 1.807) is 0 Å². The van der Waals surface area contributed by atoms with Crippen LogP contribution < -0.4 is 11.5 Å². The number of hydrogen-bond acceptors (Lipinski definition) is 4. The standard InChI is InChI=1S/C7H12N4/c1-3-5-4(2)6(8)11-7(9)10-5/h3H2,1-2H3,(H4,8,9,10,11). The largest absolute Gasteiger partial charge is 0.383 e. The molecule has 11 heavy (non-hydrogen) atoms. The summed E-state index contributed by atoms with van der Waals surface area (Å²) >= 11 is 0. The third kappa shape index (κ3) is 1.39. The van der Waals surface area contributed by atoms with E-state index < -0.39 is 0 Å². The second-order valence-electron chi connectivity index (χ2n) is 2.39. The number of nitrogens with zero attached hydrogens (tertiary/aromatic N) is 2. The maximum absolute atomic E-state index is 5.57. The SMILES string of the molecule is CCc1nc(N)nc(N)c1C. The van der Waals surface area contributed by atoms with E-state index in [9.17, 15) is 0 Å². The third-order valence-electron chi connectivity index (χ3n) is 1.64. The fraction of sp³-hybridized carbons (Fsp3) is 0.429. The van der Waals surface area contributed by atoms with Gasteiger partial charge >= 0.3 is 0 Å². The summed E-state index contributed by atoms with van der Waals surface area (Å²) in [6.07, 6.45) is 0.836. The summed E-state index contributed by atoms with van der Waals surface area (Å²) in [6, 6.07) is 0. The number of nitrogens with two attached hydrogens (primary N) is 2. The highest BCUT2D eigenvalue weighted by atomic mass is 15.0. The Balaban J connectivity index is 3.24. The van der Waals surface area contributed by atoms with Crippen LogP contribution in [-0.4, -0.2) is 9.97 Å². The van der Waals surface area contributed by atoms with Crippen LogP contribution in [0.4, 0.5) is 11.8 Å². The minimum atomic E-state index is 0.255. The highest BCUT2D eigenvalue weighted by Gasteiger charge is 2.03. The van der Waals surface area contributed by atoms with Crippen molar-refractivity contribution in [2.45, 2.75) is 20.3 Å². The molecule has 0 unspecified atom stereocenters. The lowest BCUT2D eigenvalue weighted by molar-refractivity contribution is 0.985. The van der Waals surface area contributed by atoms with Crippen LogP contribution in [0, 0.1) is 6.92 Å². The van der Waals surface area contributed by atoms with E-state index in [0.29, 0.717) is 5.82 Å². The number of aryl methyl sites for hydroxylation is 1. The fourth-order valence-corrected chi connectivity index (χ4v) is 0.946. The van der Waals surface area contributed by atoms with Crippen molar-refractivity contribution < 1.29 is 0 Å². The molecule has 0 aliphatic rings. The lowest BCUT2D eigenvalue weighted by atomic mass is 10.2. The van der Waals surface area contributed by atoms with Crippen molar-refractivity contribution >= 4 is 11.8 Å². The number of anilines is 2. The van der Waals surface area contributed by atoms with Gasteiger partial charge in [0.1, 0.15) is 5.82 Å². The van der Waals surface area contributed by atoms with Crippen LogP contribution >= 0.6 is 0 Å². The molecule has 0 aliphatic carbocycles. The lowest BCUT2D eigenvalue weighted by Gasteiger charge is -2.04. The van der Waals surface area contributed by atoms with Gasteiger partial charge in [-0.05, 0) is 13.3 Å². The quantitative estimate of drug-likeness (QED) is 0.614. The highest BCUT2D eigenvalue weighted by molar-refractivity contribution is 5.44. The molecule has 0 saturated heterocycles. The van der Waals surface area contributed by atoms with Crippen molar-refractivity contribution in [3.63, 3.8) is 0 Å². The number of rotatable bonds is 1. The van der Waals surface area contributed by atoms with Crippen molar-refractivity contribution in [1.82, 2.24) is 9.97 Å². The molecular weight excluding hydrogens is 140 g/mol. The lowest BCUT2D eigenvalue weighted by Crippen LogP contribution is -2.05. The third-order valence-corrected chi connectivity index (χ3v) is 1.64. The van der Waals surface area contributed by atoms with Gasteiger partial charge in [-0.1, -0.05) is 6.92 Å². The molecule has 1 heterocycles. The van der Waals surface area contributed by atoms with Gasteiger partial charge in [0, 0.05) is 5.56 Å². The zero-order chi connectivity index (χ0) is 8.43. The van der Waals surface area contributed by atoms with Crippen molar-refractivity contribution in [2.24, 2.45) is 0 Å². The molecule has 0 bridgehead atoms. The van der Waals surface area contributed by atoms with Crippen molar-refractivity contribution in [3.8, 4) is 0 Å². The second-order valence-corrected chi connectivity index (χ2v) is 2.39. The van der Waals surface area contributed by atoms with E-state index in [-0.39, 0.29) is 5.95 Å². The van der Waals surface area contributed by atoms with Crippen LogP contribution in [0.25, 0.3) is 0 Å². The van der Waals surface area contributed by atoms with Crippen molar-refractivity contribution in [1.29, 1.82) is 0 Å². The first-order chi connectivity index (χ1) is 5.15. The van der Waals surface area contributed by atoms with E-state index in [4.69, 9.17) is 11.5 Å². The Labute approximate surface area is 65.6 Å². The smallest absolute Gasteiger partial charge is 0.222 e. The maximum atomic E-state index is 5.57. The molecule has 0 atom stereocenters. The molecule has 0 fully saturated rings. The van der Waals surface area contributed by atoms with E-state index in [1.807, 2.05) is 13.8 Å². The van der Waals surface area contributed by atoms with Crippen LogP contribution in [0.3, 0.4) is 0 Å². The molecule has 1 aromatic rings. The Bertz CT molecular complexity index is 269. The Morgan fingerprint density at radius 2 is 1.91 bits per heavy atom. The van der Waals surface area contributed by atoms with Gasteiger partial charge in [-0.15, -0.1) is 0 Å². The van der Waals surface area contributed by atoms with Gasteiger partial charge in [0.15, 0.2) is 0 Å². The number of nitrogen functional groups attached to an aromatic ring is 2. The molecule has 4 N–H and O–H groups in total. The van der Waals surface area contributed by atoms with Gasteiger partial charge in [-0.3, -0.25) is 0 Å². The van der Waals surface area contributed by atoms with Crippen LogP contribution in [-0.2, 0) is 6.42 Å². The summed E-state index contributed by atoms with van der Waals surface area (Å²) in [6.45, 7) is 3.90. The van der Waals surface area contributed by atoms with Gasteiger partial charge in [0.05, 0.1) is 5.69 Å². The molecule has 0 radical (unpaired) electrons. The Kier molecular flexibility index (Phi) is 1.94. The fourth-order valence-electron chi connectivity index (χ4n) is 0.946. The maximum Gasteiger partial charge on any atom is 0.222 e. The molecule has 4 nitrogen and oxygen atoms in total. The molecule has 1 rings (SSSR count). The zero-order valence-electron chi connectivity index (χ0n) is 6.76. The van der Waals surface area contributed by atoms with Crippen LogP contribution in [0.5, 0.6) is 0 Å². The summed E-state index contributed by atoms with van der Waals surface area (Å²) < 4.78 is 0. The monoisotopic (exact) mass is 152 g/mol. The molecule has 1 aromatic heterocycles. The van der Waals surface area contributed by atoms with Gasteiger partial charge < -0.3 is 11.5 Å². The van der Waals surface area contributed by atoms with E-state index in [0.717, 1.165) is 17.7 Å². The molecule has 4 heteroatoms. The van der Waals surface area contributed by atoms with Gasteiger partial charge in [0.2, 0.25) is 5.95 Å². The minimum Gasteiger partial charge on any atom is -0.383 e. The Morgan fingerprint density at radius 3 is 2.45 bits per heavy atom. The minimum absolute atomic E-state index is 0.255. The summed E-state index contributed by atoms with van der Waals surface area (Å²) in [5, 5.41) is 0. The summed E-state index contributed by atoms with van der Waals surface area (Å²) in [5.74, 6) is 0.735. The topological polar surface area (TPSA) is 77.8 Å². The molecule has 0 saturated carbocycles. The van der Waals surface area contributed by atoms with Crippen molar-refractivity contribution in [2.75, 3.05) is 11.5 Å². The van der Waals surface area contributed by atoms with Crippen LogP contribution in [0.1, 0.15) is 18.2 Å². The summed E-state index contributed by atoms with van der Waals surface area (Å²) in [7, 11) is 0. The molecule has 60 valence electrons. The van der Waals surface area contributed by atoms with Gasteiger partial charge in [0.25, 0.3) is 0 Å². The first-order valence-corrected chi connectivity index (χ1v) is 3.53. The summed E-state index contributed by atoms with van der Waals surface area (Å²) in [4.78, 5) is 7.86. The highest BCUT2D eigenvalue weighted by Crippen LogP contribution is 2.12. The average molecular weight is 152 g/mol. The Morgan fingerprint density at radius 1 is 1.27 bits per heavy atom. The van der Waals surface area contributed by atoms with Gasteiger partial charge in [-0.25, -0.2) is 4.98 Å². The molecule has 0 spiro atoms. The van der Waals surface area contributed by atoms with Crippen molar-refractivity contribution in [3.05, 3.63) is 11.3 Å². The van der Waals surface area contributed by atoms with E-state index >= 15 is 0 Å². The predicted molar refractivity (Wildman–Crippen MR) is 45.0 cm³/mol. The zero-order valence-corrected chi connectivity index (χ0v) is 6.76. The average Bonchev–Trinajstić information content (AvgIpc) is 1.96. The normalized spacial score (nSPS) is 10.0. The number of hydrogen-bond donors (Lipinski definition) is 2. The molecule has 0 aromatic carbocycles. The van der Waals surface area contributed by atoms with Gasteiger partial charge in [-0.2, -0.15) is 4.98 Å². The number of aromatic nitrogens is 2. The summed E-state index contributed by atoms with van der Waals surface area (Å²) in [5.41, 5.74) is 12.8.